The van der Waals surface area contributed by atoms with E-state index in [1.54, 1.807) is 6.20 Å². The first-order valence-corrected chi connectivity index (χ1v) is 12.4. The number of nitrogens with two attached hydrogens (primary N) is 1. The molecule has 2 aromatic rings. The van der Waals surface area contributed by atoms with Crippen LogP contribution in [-0.4, -0.2) is 59.0 Å². The summed E-state index contributed by atoms with van der Waals surface area (Å²) in [6.07, 6.45) is 4.48. The lowest BCUT2D eigenvalue weighted by molar-refractivity contribution is -0.123. The van der Waals surface area contributed by atoms with Gasteiger partial charge >= 0.3 is 6.03 Å². The maximum absolute atomic E-state index is 12.3. The maximum atomic E-state index is 12.3. The van der Waals surface area contributed by atoms with Crippen LogP contribution in [0.15, 0.2) is 34.9 Å². The van der Waals surface area contributed by atoms with Crippen molar-refractivity contribution in [1.82, 2.24) is 20.2 Å². The lowest BCUT2D eigenvalue weighted by Gasteiger charge is -2.16. The highest BCUT2D eigenvalue weighted by atomic mass is 79.9. The minimum atomic E-state index is -0.496. The van der Waals surface area contributed by atoms with E-state index < -0.39 is 6.04 Å². The van der Waals surface area contributed by atoms with Gasteiger partial charge < -0.3 is 31.9 Å². The molecule has 1 aromatic heterocycles. The molecule has 10 nitrogen and oxygen atoms in total. The third kappa shape index (κ3) is 7.56. The number of halogens is 1. The van der Waals surface area contributed by atoms with Gasteiger partial charge in [-0.05, 0) is 59.3 Å². The zero-order valence-electron chi connectivity index (χ0n) is 19.6. The van der Waals surface area contributed by atoms with E-state index in [2.05, 4.69) is 47.2 Å². The van der Waals surface area contributed by atoms with Crippen molar-refractivity contribution in [3.05, 3.63) is 34.9 Å². The molecule has 6 N–H and O–H groups in total. The van der Waals surface area contributed by atoms with Crippen LogP contribution in [0.5, 0.6) is 0 Å². The molecule has 3 amide bonds. The Hall–Kier alpha value is -2.92. The van der Waals surface area contributed by atoms with E-state index >= 15 is 0 Å². The van der Waals surface area contributed by atoms with Crippen molar-refractivity contribution in [2.24, 2.45) is 11.7 Å². The van der Waals surface area contributed by atoms with Crippen molar-refractivity contribution < 1.29 is 9.59 Å². The molecule has 34 heavy (non-hydrogen) atoms. The fraction of sp³-hybridized carbons (Fsp3) is 0.478. The Morgan fingerprint density at radius 1 is 1.18 bits per heavy atom. The number of benzene rings is 1. The number of carbonyl (C=O) groups excluding carboxylic acids is 2. The molecule has 11 heteroatoms. The van der Waals surface area contributed by atoms with Crippen LogP contribution < -0.4 is 27.0 Å². The second-order valence-electron chi connectivity index (χ2n) is 8.56. The standard InChI is InChI=1S/C23H33BrN8O2/c1-15(2)19(25)21(33)27-10-6-9-26-20-18(24)14-28-22(31-20)29-16-7-5-8-17(13-16)30-23(34)32-11-3-4-12-32/h5,7-8,13-15,19H,3-4,6,9-12,25H2,1-2H3,(H,27,33)(H,30,34)(H2,26,28,29,31)/t19-/m0/s1. The summed E-state index contributed by atoms with van der Waals surface area (Å²) in [5.74, 6) is 1.03. The van der Waals surface area contributed by atoms with E-state index in [0.29, 0.717) is 37.0 Å². The smallest absolute Gasteiger partial charge is 0.321 e. The first-order valence-electron chi connectivity index (χ1n) is 11.6. The fourth-order valence-corrected chi connectivity index (χ4v) is 3.74. The fourth-order valence-electron chi connectivity index (χ4n) is 3.41. The quantitative estimate of drug-likeness (QED) is 0.295. The molecule has 1 aromatic carbocycles. The molecule has 0 aliphatic carbocycles. The highest BCUT2D eigenvalue weighted by Gasteiger charge is 2.18. The van der Waals surface area contributed by atoms with Gasteiger partial charge in [-0.3, -0.25) is 4.79 Å². The number of rotatable bonds is 10. The number of carbonyl (C=O) groups is 2. The normalized spacial score (nSPS) is 14.1. The number of likely N-dealkylation sites (tertiary alicyclic amines) is 1. The summed E-state index contributed by atoms with van der Waals surface area (Å²) in [5.41, 5.74) is 7.31. The summed E-state index contributed by atoms with van der Waals surface area (Å²) in [6, 6.07) is 6.86. The molecule has 1 aliphatic heterocycles. The first-order chi connectivity index (χ1) is 16.3. The van der Waals surface area contributed by atoms with Crippen molar-refractivity contribution in [3.63, 3.8) is 0 Å². The highest BCUT2D eigenvalue weighted by molar-refractivity contribution is 9.10. The van der Waals surface area contributed by atoms with Crippen LogP contribution in [0, 0.1) is 5.92 Å². The molecule has 0 bridgehead atoms. The molecule has 1 atom stereocenters. The second-order valence-corrected chi connectivity index (χ2v) is 9.42. The zero-order chi connectivity index (χ0) is 24.5. The van der Waals surface area contributed by atoms with Gasteiger partial charge in [0.15, 0.2) is 0 Å². The van der Waals surface area contributed by atoms with Crippen molar-refractivity contribution in [1.29, 1.82) is 0 Å². The predicted octanol–water partition coefficient (Wildman–Crippen LogP) is 3.51. The van der Waals surface area contributed by atoms with Crippen LogP contribution in [0.2, 0.25) is 0 Å². The molecule has 3 rings (SSSR count). The van der Waals surface area contributed by atoms with Crippen LogP contribution in [0.1, 0.15) is 33.1 Å². The molecule has 0 radical (unpaired) electrons. The minimum Gasteiger partial charge on any atom is -0.369 e. The summed E-state index contributed by atoms with van der Waals surface area (Å²) >= 11 is 3.46. The van der Waals surface area contributed by atoms with E-state index in [9.17, 15) is 9.59 Å². The summed E-state index contributed by atoms with van der Waals surface area (Å²) in [5, 5.41) is 12.2. The molecule has 0 saturated carbocycles. The lowest BCUT2D eigenvalue weighted by Crippen LogP contribution is -2.44. The predicted molar refractivity (Wildman–Crippen MR) is 138 cm³/mol. The van der Waals surface area contributed by atoms with Gasteiger partial charge in [-0.2, -0.15) is 4.98 Å². The van der Waals surface area contributed by atoms with Gasteiger partial charge in [-0.25, -0.2) is 9.78 Å². The van der Waals surface area contributed by atoms with Crippen molar-refractivity contribution in [2.75, 3.05) is 42.1 Å². The summed E-state index contributed by atoms with van der Waals surface area (Å²) in [6.45, 7) is 6.57. The molecule has 2 heterocycles. The lowest BCUT2D eigenvalue weighted by atomic mass is 10.1. The Balaban J connectivity index is 1.50. The van der Waals surface area contributed by atoms with E-state index in [0.717, 1.165) is 36.1 Å². The number of urea groups is 1. The van der Waals surface area contributed by atoms with Crippen LogP contribution in [-0.2, 0) is 4.79 Å². The largest absolute Gasteiger partial charge is 0.369 e. The minimum absolute atomic E-state index is 0.0802. The summed E-state index contributed by atoms with van der Waals surface area (Å²) in [7, 11) is 0. The van der Waals surface area contributed by atoms with Gasteiger partial charge in [0.1, 0.15) is 5.82 Å². The number of hydrogen-bond donors (Lipinski definition) is 5. The van der Waals surface area contributed by atoms with Gasteiger partial charge in [-0.1, -0.05) is 19.9 Å². The number of nitrogens with one attached hydrogen (secondary N) is 4. The van der Waals surface area contributed by atoms with E-state index in [1.807, 2.05) is 43.0 Å². The van der Waals surface area contributed by atoms with Crippen LogP contribution in [0.25, 0.3) is 0 Å². The molecule has 1 saturated heterocycles. The van der Waals surface area contributed by atoms with Gasteiger partial charge in [0.25, 0.3) is 0 Å². The Morgan fingerprint density at radius 2 is 1.91 bits per heavy atom. The zero-order valence-corrected chi connectivity index (χ0v) is 21.2. The molecule has 0 spiro atoms. The first kappa shape index (κ1) is 25.7. The number of aromatic nitrogens is 2. The average Bonchev–Trinajstić information content (AvgIpc) is 3.35. The Kier molecular flexibility index (Phi) is 9.46. The van der Waals surface area contributed by atoms with Crippen molar-refractivity contribution in [2.45, 2.75) is 39.2 Å². The monoisotopic (exact) mass is 532 g/mol. The third-order valence-corrected chi connectivity index (χ3v) is 6.05. The van der Waals surface area contributed by atoms with Crippen LogP contribution in [0.4, 0.5) is 27.9 Å². The average molecular weight is 533 g/mol. The van der Waals surface area contributed by atoms with Crippen LogP contribution >= 0.6 is 15.9 Å². The topological polar surface area (TPSA) is 137 Å². The van der Waals surface area contributed by atoms with Crippen molar-refractivity contribution >= 4 is 51.0 Å². The van der Waals surface area contributed by atoms with E-state index in [4.69, 9.17) is 5.73 Å². The molecular weight excluding hydrogens is 500 g/mol. The molecule has 0 unspecified atom stereocenters. The Labute approximate surface area is 208 Å². The van der Waals surface area contributed by atoms with E-state index in [1.165, 1.54) is 0 Å². The highest BCUT2D eigenvalue weighted by Crippen LogP contribution is 2.23. The molecular formula is C23H33BrN8O2. The SMILES string of the molecule is CC(C)[C@H](N)C(=O)NCCCNc1nc(Nc2cccc(NC(=O)N3CCCC3)c2)ncc1Br. The maximum Gasteiger partial charge on any atom is 0.321 e. The third-order valence-electron chi connectivity index (χ3n) is 5.47. The number of nitrogens with zero attached hydrogens (tertiary/aromatic N) is 3. The molecule has 1 fully saturated rings. The number of anilines is 4. The second kappa shape index (κ2) is 12.5. The van der Waals surface area contributed by atoms with Gasteiger partial charge in [-0.15, -0.1) is 0 Å². The Bertz CT molecular complexity index is 981. The molecule has 1 aliphatic rings. The van der Waals surface area contributed by atoms with Crippen LogP contribution in [0.3, 0.4) is 0 Å². The summed E-state index contributed by atoms with van der Waals surface area (Å²) in [4.78, 5) is 34.9. The van der Waals surface area contributed by atoms with E-state index in [-0.39, 0.29) is 17.9 Å². The summed E-state index contributed by atoms with van der Waals surface area (Å²) < 4.78 is 0.732. The van der Waals surface area contributed by atoms with Gasteiger partial charge in [0.2, 0.25) is 11.9 Å². The van der Waals surface area contributed by atoms with Gasteiger partial charge in [0.05, 0.1) is 10.5 Å². The number of amides is 3. The van der Waals surface area contributed by atoms with Gasteiger partial charge in [0, 0.05) is 43.8 Å². The van der Waals surface area contributed by atoms with Crippen molar-refractivity contribution in [3.8, 4) is 0 Å². The Morgan fingerprint density at radius 3 is 2.65 bits per heavy atom. The molecule has 184 valence electrons. The number of hydrogen-bond acceptors (Lipinski definition) is 7.